The van der Waals surface area contributed by atoms with Gasteiger partial charge in [-0.2, -0.15) is 0 Å². The number of carbonyl (C=O) groups is 1. The fourth-order valence-corrected chi connectivity index (χ4v) is 2.21. The number of benzene rings is 2. The van der Waals surface area contributed by atoms with Gasteiger partial charge in [0.15, 0.2) is 0 Å². The van der Waals surface area contributed by atoms with Crippen molar-refractivity contribution in [1.82, 2.24) is 0 Å². The first-order valence-electron chi connectivity index (χ1n) is 5.84. The van der Waals surface area contributed by atoms with Crippen LogP contribution in [-0.4, -0.2) is 16.0 Å². The molecular formula is C14H10INO5. The second-order valence-corrected chi connectivity index (χ2v) is 5.50. The molecule has 0 aromatic heterocycles. The lowest BCUT2D eigenvalue weighted by atomic mass is 10.1. The van der Waals surface area contributed by atoms with Crippen LogP contribution in [-0.2, 0) is 0 Å². The van der Waals surface area contributed by atoms with Crippen LogP contribution in [0.4, 0.5) is 5.69 Å². The molecule has 0 heterocycles. The summed E-state index contributed by atoms with van der Waals surface area (Å²) in [4.78, 5) is 21.4. The molecule has 0 atom stereocenters. The fourth-order valence-electron chi connectivity index (χ4n) is 1.73. The van der Waals surface area contributed by atoms with E-state index in [1.165, 1.54) is 30.3 Å². The molecule has 7 heteroatoms. The van der Waals surface area contributed by atoms with E-state index in [9.17, 15) is 14.9 Å². The molecule has 0 spiro atoms. The molecule has 0 fully saturated rings. The van der Waals surface area contributed by atoms with Gasteiger partial charge < -0.3 is 9.84 Å². The van der Waals surface area contributed by atoms with Gasteiger partial charge in [-0.15, -0.1) is 0 Å². The molecule has 0 saturated carbocycles. The molecule has 2 rings (SSSR count). The molecule has 0 radical (unpaired) electrons. The number of hydrogen-bond acceptors (Lipinski definition) is 4. The van der Waals surface area contributed by atoms with Gasteiger partial charge in [0.25, 0.3) is 0 Å². The molecule has 1 N–H and O–H groups in total. The number of halogens is 1. The highest BCUT2D eigenvalue weighted by Gasteiger charge is 2.17. The Labute approximate surface area is 133 Å². The minimum Gasteiger partial charge on any atom is -0.478 e. The Kier molecular flexibility index (Phi) is 4.41. The van der Waals surface area contributed by atoms with Crippen molar-refractivity contribution in [3.05, 3.63) is 61.2 Å². The summed E-state index contributed by atoms with van der Waals surface area (Å²) >= 11 is 1.98. The van der Waals surface area contributed by atoms with E-state index in [1.807, 2.05) is 22.6 Å². The maximum absolute atomic E-state index is 11.0. The van der Waals surface area contributed by atoms with Gasteiger partial charge in [0, 0.05) is 9.64 Å². The Balaban J connectivity index is 2.39. The van der Waals surface area contributed by atoms with E-state index in [0.29, 0.717) is 11.3 Å². The van der Waals surface area contributed by atoms with Crippen LogP contribution in [0.25, 0.3) is 0 Å². The molecule has 0 aliphatic carbocycles. The smallest absolute Gasteiger partial charge is 0.335 e. The van der Waals surface area contributed by atoms with Crippen LogP contribution in [0.5, 0.6) is 11.5 Å². The second kappa shape index (κ2) is 6.08. The van der Waals surface area contributed by atoms with E-state index in [0.717, 1.165) is 3.57 Å². The second-order valence-electron chi connectivity index (χ2n) is 4.26. The summed E-state index contributed by atoms with van der Waals surface area (Å²) in [6.07, 6.45) is 0. The van der Waals surface area contributed by atoms with E-state index in [4.69, 9.17) is 9.84 Å². The number of nitro groups is 1. The minimum absolute atomic E-state index is 0.117. The quantitative estimate of drug-likeness (QED) is 0.477. The van der Waals surface area contributed by atoms with Crippen LogP contribution in [0.2, 0.25) is 0 Å². The van der Waals surface area contributed by atoms with Crippen molar-refractivity contribution in [2.45, 2.75) is 6.92 Å². The standard InChI is InChI=1S/C14H10INO5/c1-8-6-9(14(17)18)2-4-12(8)21-13-5-3-10(15)7-11(13)16(19)20/h2-7H,1H3,(H,17,18). The van der Waals surface area contributed by atoms with Crippen LogP contribution in [0.3, 0.4) is 0 Å². The summed E-state index contributed by atoms with van der Waals surface area (Å²) in [6.45, 7) is 1.68. The van der Waals surface area contributed by atoms with Crippen LogP contribution in [0.1, 0.15) is 15.9 Å². The van der Waals surface area contributed by atoms with Gasteiger partial charge >= 0.3 is 11.7 Å². The van der Waals surface area contributed by atoms with Crippen molar-refractivity contribution in [3.63, 3.8) is 0 Å². The highest BCUT2D eigenvalue weighted by molar-refractivity contribution is 14.1. The molecule has 0 unspecified atom stereocenters. The number of carboxylic acids is 1. The zero-order chi connectivity index (χ0) is 15.6. The number of nitro benzene ring substituents is 1. The fraction of sp³-hybridized carbons (Fsp3) is 0.0714. The number of hydrogen-bond donors (Lipinski definition) is 1. The molecule has 2 aromatic carbocycles. The number of carboxylic acid groups (broad SMARTS) is 1. The van der Waals surface area contributed by atoms with Crippen molar-refractivity contribution in [1.29, 1.82) is 0 Å². The zero-order valence-electron chi connectivity index (χ0n) is 10.9. The van der Waals surface area contributed by atoms with E-state index >= 15 is 0 Å². The summed E-state index contributed by atoms with van der Waals surface area (Å²) in [5, 5.41) is 19.9. The molecule has 0 saturated heterocycles. The zero-order valence-corrected chi connectivity index (χ0v) is 13.0. The maximum atomic E-state index is 11.0. The van der Waals surface area contributed by atoms with Crippen molar-refractivity contribution < 1.29 is 19.6 Å². The summed E-state index contributed by atoms with van der Waals surface area (Å²) < 4.78 is 6.28. The predicted molar refractivity (Wildman–Crippen MR) is 84.0 cm³/mol. The first kappa shape index (κ1) is 15.2. The molecule has 0 bridgehead atoms. The Bertz CT molecular complexity index is 729. The van der Waals surface area contributed by atoms with E-state index in [2.05, 4.69) is 0 Å². The molecule has 108 valence electrons. The summed E-state index contributed by atoms with van der Waals surface area (Å²) in [5.41, 5.74) is 0.586. The van der Waals surface area contributed by atoms with Crippen LogP contribution >= 0.6 is 22.6 Å². The lowest BCUT2D eigenvalue weighted by Crippen LogP contribution is -1.99. The van der Waals surface area contributed by atoms with Gasteiger partial charge in [0.1, 0.15) is 5.75 Å². The summed E-state index contributed by atoms with van der Waals surface area (Å²) in [7, 11) is 0. The number of aryl methyl sites for hydroxylation is 1. The van der Waals surface area contributed by atoms with Crippen LogP contribution in [0, 0.1) is 20.6 Å². The van der Waals surface area contributed by atoms with Gasteiger partial charge in [0.2, 0.25) is 5.75 Å². The van der Waals surface area contributed by atoms with Crippen molar-refractivity contribution in [3.8, 4) is 11.5 Å². The van der Waals surface area contributed by atoms with Gasteiger partial charge in [-0.25, -0.2) is 4.79 Å². The van der Waals surface area contributed by atoms with Crippen molar-refractivity contribution >= 4 is 34.2 Å². The van der Waals surface area contributed by atoms with E-state index in [1.54, 1.807) is 13.0 Å². The first-order chi connectivity index (χ1) is 9.88. The van der Waals surface area contributed by atoms with Gasteiger partial charge in [0.05, 0.1) is 10.5 Å². The average molecular weight is 399 g/mol. The Morgan fingerprint density at radius 3 is 2.48 bits per heavy atom. The third-order valence-corrected chi connectivity index (χ3v) is 3.43. The number of ether oxygens (including phenoxy) is 1. The third kappa shape index (κ3) is 3.48. The number of rotatable bonds is 4. The monoisotopic (exact) mass is 399 g/mol. The summed E-state index contributed by atoms with van der Waals surface area (Å²) in [6, 6.07) is 8.96. The highest BCUT2D eigenvalue weighted by atomic mass is 127. The van der Waals surface area contributed by atoms with Gasteiger partial charge in [-0.3, -0.25) is 10.1 Å². The van der Waals surface area contributed by atoms with Gasteiger partial charge in [-0.1, -0.05) is 0 Å². The Hall–Kier alpha value is -2.16. The van der Waals surface area contributed by atoms with Crippen LogP contribution in [0.15, 0.2) is 36.4 Å². The maximum Gasteiger partial charge on any atom is 0.335 e. The number of aromatic carboxylic acids is 1. The van der Waals surface area contributed by atoms with E-state index < -0.39 is 10.9 Å². The number of nitrogens with zero attached hydrogens (tertiary/aromatic N) is 1. The third-order valence-electron chi connectivity index (χ3n) is 2.76. The van der Waals surface area contributed by atoms with Gasteiger partial charge in [-0.05, 0) is 65.4 Å². The van der Waals surface area contributed by atoms with E-state index in [-0.39, 0.29) is 17.0 Å². The topological polar surface area (TPSA) is 89.7 Å². The van der Waals surface area contributed by atoms with Crippen molar-refractivity contribution in [2.24, 2.45) is 0 Å². The van der Waals surface area contributed by atoms with Crippen molar-refractivity contribution in [2.75, 3.05) is 0 Å². The lowest BCUT2D eigenvalue weighted by Gasteiger charge is -2.09. The highest BCUT2D eigenvalue weighted by Crippen LogP contribution is 2.34. The SMILES string of the molecule is Cc1cc(C(=O)O)ccc1Oc1ccc(I)cc1[N+](=O)[O-]. The molecule has 0 aliphatic rings. The first-order valence-corrected chi connectivity index (χ1v) is 6.92. The molecule has 6 nitrogen and oxygen atoms in total. The molecule has 21 heavy (non-hydrogen) atoms. The normalized spacial score (nSPS) is 10.2. The Morgan fingerprint density at radius 2 is 1.90 bits per heavy atom. The predicted octanol–water partition coefficient (Wildman–Crippen LogP) is 4.00. The molecular weight excluding hydrogens is 389 g/mol. The minimum atomic E-state index is -1.04. The molecule has 2 aromatic rings. The van der Waals surface area contributed by atoms with Crippen LogP contribution < -0.4 is 4.74 Å². The lowest BCUT2D eigenvalue weighted by molar-refractivity contribution is -0.385. The average Bonchev–Trinajstić information content (AvgIpc) is 2.42. The molecule has 0 amide bonds. The summed E-state index contributed by atoms with van der Waals surface area (Å²) in [5.74, 6) is -0.541. The Morgan fingerprint density at radius 1 is 1.24 bits per heavy atom. The largest absolute Gasteiger partial charge is 0.478 e. The molecule has 0 aliphatic heterocycles.